The van der Waals surface area contributed by atoms with Gasteiger partial charge in [-0.05, 0) is 13.8 Å². The lowest BCUT2D eigenvalue weighted by atomic mass is 10.2. The molecule has 14 heavy (non-hydrogen) atoms. The van der Waals surface area contributed by atoms with Gasteiger partial charge >= 0.3 is 6.18 Å². The van der Waals surface area contributed by atoms with Crippen LogP contribution in [-0.2, 0) is 6.42 Å². The molecule has 0 aromatic carbocycles. The monoisotopic (exact) mass is 225 g/mol. The second-order valence-corrected chi connectivity index (χ2v) is 4.30. The number of hydrogen-bond donors (Lipinski definition) is 1. The first kappa shape index (κ1) is 11.5. The second-order valence-electron chi connectivity index (χ2n) is 3.01. The Hall–Kier alpha value is -0.620. The molecule has 1 aromatic heterocycles. The molecule has 1 aromatic rings. The van der Waals surface area contributed by atoms with Crippen molar-refractivity contribution in [2.75, 3.05) is 0 Å². The maximum absolute atomic E-state index is 12.0. The Kier molecular flexibility index (Phi) is 3.16. The molecular weight excluding hydrogens is 215 g/mol. The summed E-state index contributed by atoms with van der Waals surface area (Å²) in [6.45, 7) is 3.52. The van der Waals surface area contributed by atoms with E-state index < -0.39 is 18.7 Å². The lowest BCUT2D eigenvalue weighted by Crippen LogP contribution is -2.30. The molecule has 1 N–H and O–H groups in total. The Morgan fingerprint density at radius 2 is 2.00 bits per heavy atom. The van der Waals surface area contributed by atoms with Crippen molar-refractivity contribution in [3.8, 4) is 0 Å². The third kappa shape index (κ3) is 2.68. The van der Waals surface area contributed by atoms with Crippen LogP contribution in [0.4, 0.5) is 13.2 Å². The average Bonchev–Trinajstić information content (AvgIpc) is 2.29. The van der Waals surface area contributed by atoms with E-state index in [1.54, 1.807) is 13.8 Å². The van der Waals surface area contributed by atoms with Gasteiger partial charge in [0.15, 0.2) is 6.10 Å². The largest absolute Gasteiger partial charge is 0.414 e. The Labute approximate surface area is 83.4 Å². The lowest BCUT2D eigenvalue weighted by Gasteiger charge is -2.12. The zero-order chi connectivity index (χ0) is 10.9. The second kappa shape index (κ2) is 3.86. The highest BCUT2D eigenvalue weighted by Gasteiger charge is 2.38. The fourth-order valence-corrected chi connectivity index (χ4v) is 1.88. The molecule has 0 amide bonds. The van der Waals surface area contributed by atoms with E-state index in [0.717, 1.165) is 10.6 Å². The molecule has 0 spiro atoms. The van der Waals surface area contributed by atoms with E-state index in [-0.39, 0.29) is 0 Å². The molecule has 80 valence electrons. The minimum atomic E-state index is -4.56. The molecule has 0 fully saturated rings. The molecule has 0 saturated heterocycles. The molecule has 0 aliphatic heterocycles. The number of aliphatic hydroxyl groups is 1. The SMILES string of the molecule is Cc1nc(C[C@@H](O)C(F)(F)F)sc1C. The van der Waals surface area contributed by atoms with Gasteiger partial charge in [0, 0.05) is 11.3 Å². The van der Waals surface area contributed by atoms with Crippen LogP contribution in [0.5, 0.6) is 0 Å². The topological polar surface area (TPSA) is 33.1 Å². The zero-order valence-electron chi connectivity index (χ0n) is 7.72. The van der Waals surface area contributed by atoms with Crippen molar-refractivity contribution in [3.63, 3.8) is 0 Å². The third-order valence-corrected chi connectivity index (χ3v) is 2.91. The highest BCUT2D eigenvalue weighted by Crippen LogP contribution is 2.25. The molecule has 1 atom stereocenters. The number of aliphatic hydroxyl groups excluding tert-OH is 1. The van der Waals surface area contributed by atoms with E-state index in [4.69, 9.17) is 5.11 Å². The average molecular weight is 225 g/mol. The van der Waals surface area contributed by atoms with Gasteiger partial charge in [-0.3, -0.25) is 0 Å². The Morgan fingerprint density at radius 3 is 2.36 bits per heavy atom. The number of rotatable bonds is 2. The van der Waals surface area contributed by atoms with E-state index in [9.17, 15) is 13.2 Å². The third-order valence-electron chi connectivity index (χ3n) is 1.82. The number of alkyl halides is 3. The Balaban J connectivity index is 2.70. The Morgan fingerprint density at radius 1 is 1.43 bits per heavy atom. The zero-order valence-corrected chi connectivity index (χ0v) is 8.54. The van der Waals surface area contributed by atoms with Crippen LogP contribution in [-0.4, -0.2) is 22.4 Å². The van der Waals surface area contributed by atoms with Gasteiger partial charge in [-0.25, -0.2) is 4.98 Å². The summed E-state index contributed by atoms with van der Waals surface area (Å²) in [4.78, 5) is 4.81. The lowest BCUT2D eigenvalue weighted by molar-refractivity contribution is -0.203. The van der Waals surface area contributed by atoms with Crippen LogP contribution in [0, 0.1) is 13.8 Å². The van der Waals surface area contributed by atoms with Crippen molar-refractivity contribution >= 4 is 11.3 Å². The van der Waals surface area contributed by atoms with Gasteiger partial charge in [0.2, 0.25) is 0 Å². The van der Waals surface area contributed by atoms with Crippen LogP contribution in [0.25, 0.3) is 0 Å². The molecule has 0 radical (unpaired) electrons. The molecule has 0 bridgehead atoms. The van der Waals surface area contributed by atoms with Crippen LogP contribution in [0.3, 0.4) is 0 Å². The number of nitrogens with zero attached hydrogens (tertiary/aromatic N) is 1. The minimum Gasteiger partial charge on any atom is -0.383 e. The van der Waals surface area contributed by atoms with E-state index in [1.165, 1.54) is 11.3 Å². The van der Waals surface area contributed by atoms with Gasteiger partial charge in [-0.2, -0.15) is 13.2 Å². The number of thiazole rings is 1. The van der Waals surface area contributed by atoms with E-state index in [2.05, 4.69) is 4.98 Å². The first-order chi connectivity index (χ1) is 6.30. The van der Waals surface area contributed by atoms with Crippen molar-refractivity contribution in [3.05, 3.63) is 15.6 Å². The maximum Gasteiger partial charge on any atom is 0.414 e. The van der Waals surface area contributed by atoms with Gasteiger partial charge < -0.3 is 5.11 Å². The summed E-state index contributed by atoms with van der Waals surface area (Å²) in [5.41, 5.74) is 0.722. The van der Waals surface area contributed by atoms with Gasteiger partial charge in [-0.15, -0.1) is 11.3 Å². The summed E-state index contributed by atoms with van der Waals surface area (Å²) in [7, 11) is 0. The normalized spacial score (nSPS) is 14.4. The molecule has 2 nitrogen and oxygen atoms in total. The van der Waals surface area contributed by atoms with Crippen LogP contribution in [0.2, 0.25) is 0 Å². The van der Waals surface area contributed by atoms with Crippen molar-refractivity contribution in [2.24, 2.45) is 0 Å². The van der Waals surface area contributed by atoms with Crippen LogP contribution in [0.1, 0.15) is 15.6 Å². The molecule has 0 aliphatic carbocycles. The first-order valence-electron chi connectivity index (χ1n) is 3.98. The van der Waals surface area contributed by atoms with Gasteiger partial charge in [0.25, 0.3) is 0 Å². The molecular formula is C8H10F3NOS. The summed E-state index contributed by atoms with van der Waals surface area (Å²) < 4.78 is 35.9. The summed E-state index contributed by atoms with van der Waals surface area (Å²) in [5.74, 6) is 0. The molecule has 0 unspecified atom stereocenters. The quantitative estimate of drug-likeness (QED) is 0.837. The van der Waals surface area contributed by atoms with E-state index in [1.807, 2.05) is 0 Å². The predicted octanol–water partition coefficient (Wildman–Crippen LogP) is 2.23. The number of aryl methyl sites for hydroxylation is 2. The van der Waals surface area contributed by atoms with E-state index >= 15 is 0 Å². The fraction of sp³-hybridized carbons (Fsp3) is 0.625. The summed E-state index contributed by atoms with van der Waals surface area (Å²) in [6, 6.07) is 0. The fourth-order valence-electron chi connectivity index (χ4n) is 0.908. The molecule has 0 saturated carbocycles. The summed E-state index contributed by atoms with van der Waals surface area (Å²) in [6.07, 6.45) is -7.33. The number of hydrogen-bond acceptors (Lipinski definition) is 3. The van der Waals surface area contributed by atoms with Gasteiger partial charge in [0.1, 0.15) is 0 Å². The number of halogens is 3. The molecule has 0 aliphatic rings. The number of aromatic nitrogens is 1. The minimum absolute atomic E-state index is 0.324. The van der Waals surface area contributed by atoms with Gasteiger partial charge in [0.05, 0.1) is 10.7 Å². The van der Waals surface area contributed by atoms with Crippen molar-refractivity contribution in [2.45, 2.75) is 32.5 Å². The Bertz CT molecular complexity index is 301. The van der Waals surface area contributed by atoms with Crippen molar-refractivity contribution in [1.82, 2.24) is 4.98 Å². The molecule has 6 heteroatoms. The highest BCUT2D eigenvalue weighted by atomic mass is 32.1. The molecule has 1 heterocycles. The standard InChI is InChI=1S/C8H10F3NOS/c1-4-5(2)14-7(12-4)3-6(13)8(9,10)11/h6,13H,3H2,1-2H3/t6-/m1/s1. The highest BCUT2D eigenvalue weighted by molar-refractivity contribution is 7.11. The van der Waals surface area contributed by atoms with Crippen molar-refractivity contribution < 1.29 is 18.3 Å². The summed E-state index contributed by atoms with van der Waals surface area (Å²) in [5, 5.41) is 9.10. The van der Waals surface area contributed by atoms with Crippen LogP contribution < -0.4 is 0 Å². The predicted molar refractivity (Wildman–Crippen MR) is 47.4 cm³/mol. The van der Waals surface area contributed by atoms with Crippen molar-refractivity contribution in [1.29, 1.82) is 0 Å². The van der Waals surface area contributed by atoms with Crippen LogP contribution in [0.15, 0.2) is 0 Å². The van der Waals surface area contributed by atoms with Gasteiger partial charge in [-0.1, -0.05) is 0 Å². The maximum atomic E-state index is 12.0. The van der Waals surface area contributed by atoms with Crippen LogP contribution >= 0.6 is 11.3 Å². The first-order valence-corrected chi connectivity index (χ1v) is 4.80. The summed E-state index contributed by atoms with van der Waals surface area (Å²) >= 11 is 1.19. The molecule has 1 rings (SSSR count). The van der Waals surface area contributed by atoms with E-state index in [0.29, 0.717) is 5.01 Å². The smallest absolute Gasteiger partial charge is 0.383 e.